The molecule has 154 valence electrons. The van der Waals surface area contributed by atoms with Crippen molar-refractivity contribution < 1.29 is 13.9 Å². The van der Waals surface area contributed by atoms with E-state index in [1.54, 1.807) is 26.6 Å². The first-order chi connectivity index (χ1) is 14.7. The first kappa shape index (κ1) is 18.6. The largest absolute Gasteiger partial charge is 0.493 e. The van der Waals surface area contributed by atoms with E-state index in [4.69, 9.17) is 9.47 Å². The number of fused-ring (bicyclic) bond motifs is 2. The Balaban J connectivity index is 1.50. The first-order valence-electron chi connectivity index (χ1n) is 9.93. The second-order valence-electron chi connectivity index (χ2n) is 7.49. The number of hydrogen-bond donors (Lipinski definition) is 1. The molecule has 2 aromatic carbocycles. The van der Waals surface area contributed by atoms with E-state index >= 15 is 0 Å². The number of H-pyrrole nitrogens is 1. The van der Waals surface area contributed by atoms with Gasteiger partial charge in [0.25, 0.3) is 0 Å². The van der Waals surface area contributed by atoms with Crippen molar-refractivity contribution >= 4 is 27.8 Å². The normalized spacial score (nSPS) is 16.9. The quantitative estimate of drug-likeness (QED) is 0.550. The number of piperidine rings is 1. The molecule has 0 radical (unpaired) electrons. The Morgan fingerprint density at radius 2 is 1.90 bits per heavy atom. The van der Waals surface area contributed by atoms with Crippen LogP contribution in [0, 0.1) is 5.82 Å². The standard InChI is InChI=1S/C22H22FN5O2/c1-29-19-9-15-17(10-20(19)30-2)24-12-25-22(15)28-7-3-4-13(11-28)21-26-16-6-5-14(23)8-18(16)27-21/h5-6,8-10,12-13H,3-4,7,11H2,1-2H3,(H,26,27). The molecule has 3 heterocycles. The molecule has 1 unspecified atom stereocenters. The van der Waals surface area contributed by atoms with Gasteiger partial charge < -0.3 is 19.4 Å². The average molecular weight is 407 g/mol. The monoisotopic (exact) mass is 407 g/mol. The third kappa shape index (κ3) is 3.18. The molecule has 0 bridgehead atoms. The number of aromatic nitrogens is 4. The lowest BCUT2D eigenvalue weighted by atomic mass is 9.97. The molecule has 30 heavy (non-hydrogen) atoms. The molecule has 1 fully saturated rings. The molecule has 1 aliphatic heterocycles. The van der Waals surface area contributed by atoms with Crippen LogP contribution in [0.15, 0.2) is 36.7 Å². The molecule has 1 aliphatic rings. The summed E-state index contributed by atoms with van der Waals surface area (Å²) in [5.74, 6) is 2.97. The Morgan fingerprint density at radius 1 is 1.07 bits per heavy atom. The Kier molecular flexibility index (Phi) is 4.61. The second-order valence-corrected chi connectivity index (χ2v) is 7.49. The molecule has 1 saturated heterocycles. The minimum absolute atomic E-state index is 0.208. The van der Waals surface area contributed by atoms with E-state index in [-0.39, 0.29) is 11.7 Å². The van der Waals surface area contributed by atoms with Crippen molar-refractivity contribution in [2.75, 3.05) is 32.2 Å². The fourth-order valence-corrected chi connectivity index (χ4v) is 4.21. The maximum atomic E-state index is 13.5. The minimum Gasteiger partial charge on any atom is -0.493 e. The summed E-state index contributed by atoms with van der Waals surface area (Å²) in [6.07, 6.45) is 3.60. The summed E-state index contributed by atoms with van der Waals surface area (Å²) in [7, 11) is 3.23. The highest BCUT2D eigenvalue weighted by atomic mass is 19.1. The maximum Gasteiger partial charge on any atom is 0.162 e. The van der Waals surface area contributed by atoms with Crippen LogP contribution in [0.25, 0.3) is 21.9 Å². The smallest absolute Gasteiger partial charge is 0.162 e. The molecule has 1 atom stereocenters. The van der Waals surface area contributed by atoms with Crippen LogP contribution < -0.4 is 14.4 Å². The van der Waals surface area contributed by atoms with Gasteiger partial charge in [-0.1, -0.05) is 0 Å². The number of hydrogen-bond acceptors (Lipinski definition) is 6. The van der Waals surface area contributed by atoms with Gasteiger partial charge in [-0.3, -0.25) is 0 Å². The van der Waals surface area contributed by atoms with Crippen molar-refractivity contribution in [3.05, 3.63) is 48.3 Å². The van der Waals surface area contributed by atoms with Gasteiger partial charge in [-0.15, -0.1) is 0 Å². The fraction of sp³-hybridized carbons (Fsp3) is 0.318. The Labute approximate surface area is 172 Å². The van der Waals surface area contributed by atoms with Crippen LogP contribution in [-0.2, 0) is 0 Å². The highest BCUT2D eigenvalue weighted by Gasteiger charge is 2.26. The van der Waals surface area contributed by atoms with Crippen molar-refractivity contribution in [3.8, 4) is 11.5 Å². The second kappa shape index (κ2) is 7.44. The predicted molar refractivity (Wildman–Crippen MR) is 113 cm³/mol. The van der Waals surface area contributed by atoms with Gasteiger partial charge in [-0.25, -0.2) is 19.3 Å². The third-order valence-corrected chi connectivity index (χ3v) is 5.69. The summed E-state index contributed by atoms with van der Waals surface area (Å²) in [5.41, 5.74) is 2.32. The lowest BCUT2D eigenvalue weighted by Gasteiger charge is -2.33. The van der Waals surface area contributed by atoms with Crippen molar-refractivity contribution in [1.29, 1.82) is 0 Å². The molecule has 1 N–H and O–H groups in total. The van der Waals surface area contributed by atoms with Crippen LogP contribution in [0.1, 0.15) is 24.6 Å². The summed E-state index contributed by atoms with van der Waals surface area (Å²) in [4.78, 5) is 19.3. The molecule has 0 saturated carbocycles. The molecule has 8 heteroatoms. The van der Waals surface area contributed by atoms with Gasteiger partial charge >= 0.3 is 0 Å². The van der Waals surface area contributed by atoms with E-state index in [1.807, 2.05) is 12.1 Å². The fourth-order valence-electron chi connectivity index (χ4n) is 4.21. The van der Waals surface area contributed by atoms with Gasteiger partial charge in [-0.2, -0.15) is 0 Å². The molecule has 4 aromatic rings. The van der Waals surface area contributed by atoms with Crippen molar-refractivity contribution in [2.24, 2.45) is 0 Å². The van der Waals surface area contributed by atoms with Crippen LogP contribution in [-0.4, -0.2) is 47.2 Å². The number of aromatic amines is 1. The number of ether oxygens (including phenoxy) is 2. The van der Waals surface area contributed by atoms with Crippen molar-refractivity contribution in [3.63, 3.8) is 0 Å². The van der Waals surface area contributed by atoms with Crippen LogP contribution in [0.2, 0.25) is 0 Å². The van der Waals surface area contributed by atoms with Crippen LogP contribution in [0.5, 0.6) is 11.5 Å². The topological polar surface area (TPSA) is 76.2 Å². The average Bonchev–Trinajstić information content (AvgIpc) is 3.21. The van der Waals surface area contributed by atoms with Crippen molar-refractivity contribution in [2.45, 2.75) is 18.8 Å². The Hall–Kier alpha value is -3.42. The molecule has 5 rings (SSSR count). The van der Waals surface area contributed by atoms with Gasteiger partial charge in [-0.05, 0) is 31.0 Å². The number of imidazole rings is 1. The summed E-state index contributed by atoms with van der Waals surface area (Å²) in [6.45, 7) is 1.66. The minimum atomic E-state index is -0.275. The molecule has 2 aromatic heterocycles. The number of halogens is 1. The van der Waals surface area contributed by atoms with E-state index < -0.39 is 0 Å². The lowest BCUT2D eigenvalue weighted by molar-refractivity contribution is 0.355. The number of nitrogens with zero attached hydrogens (tertiary/aromatic N) is 4. The van der Waals surface area contributed by atoms with Gasteiger partial charge in [0.05, 0.1) is 30.8 Å². The van der Waals surface area contributed by atoms with Crippen molar-refractivity contribution in [1.82, 2.24) is 19.9 Å². The number of nitrogens with one attached hydrogen (secondary N) is 1. The lowest BCUT2D eigenvalue weighted by Crippen LogP contribution is -2.35. The van der Waals surface area contributed by atoms with Gasteiger partial charge in [0, 0.05) is 36.5 Å². The van der Waals surface area contributed by atoms with Gasteiger partial charge in [0.1, 0.15) is 23.8 Å². The van der Waals surface area contributed by atoms with Crippen LogP contribution >= 0.6 is 0 Å². The molecule has 0 aliphatic carbocycles. The number of anilines is 1. The third-order valence-electron chi connectivity index (χ3n) is 5.69. The predicted octanol–water partition coefficient (Wildman–Crippen LogP) is 4.05. The maximum absolute atomic E-state index is 13.5. The Bertz CT molecular complexity index is 1230. The highest BCUT2D eigenvalue weighted by Crippen LogP contribution is 2.37. The SMILES string of the molecule is COc1cc2ncnc(N3CCCC(c4nc5cc(F)ccc5[nH]4)C3)c2cc1OC. The number of rotatable bonds is 4. The Morgan fingerprint density at radius 3 is 2.73 bits per heavy atom. The summed E-state index contributed by atoms with van der Waals surface area (Å²) in [5, 5.41) is 0.919. The molecular formula is C22H22FN5O2. The zero-order valence-corrected chi connectivity index (χ0v) is 16.9. The van der Waals surface area contributed by atoms with E-state index in [2.05, 4.69) is 24.8 Å². The van der Waals surface area contributed by atoms with E-state index in [1.165, 1.54) is 12.1 Å². The van der Waals surface area contributed by atoms with Crippen LogP contribution in [0.4, 0.5) is 10.2 Å². The van der Waals surface area contributed by atoms with E-state index in [9.17, 15) is 4.39 Å². The summed E-state index contributed by atoms with van der Waals surface area (Å²) < 4.78 is 24.4. The van der Waals surface area contributed by atoms with Gasteiger partial charge in [0.2, 0.25) is 0 Å². The van der Waals surface area contributed by atoms with Crippen LogP contribution in [0.3, 0.4) is 0 Å². The number of methoxy groups -OCH3 is 2. The first-order valence-corrected chi connectivity index (χ1v) is 9.93. The zero-order chi connectivity index (χ0) is 20.7. The molecule has 0 amide bonds. The molecule has 0 spiro atoms. The summed E-state index contributed by atoms with van der Waals surface area (Å²) >= 11 is 0. The van der Waals surface area contributed by atoms with Gasteiger partial charge in [0.15, 0.2) is 11.5 Å². The molecular weight excluding hydrogens is 385 g/mol. The zero-order valence-electron chi connectivity index (χ0n) is 16.9. The molecule has 7 nitrogen and oxygen atoms in total. The summed E-state index contributed by atoms with van der Waals surface area (Å²) in [6, 6.07) is 8.45. The van der Waals surface area contributed by atoms with E-state index in [0.717, 1.165) is 54.0 Å². The van der Waals surface area contributed by atoms with E-state index in [0.29, 0.717) is 17.0 Å². The highest BCUT2D eigenvalue weighted by molar-refractivity contribution is 5.92. The number of benzene rings is 2.